The summed E-state index contributed by atoms with van der Waals surface area (Å²) < 4.78 is 24.0. The van der Waals surface area contributed by atoms with Gasteiger partial charge in [-0.2, -0.15) is 0 Å². The fourth-order valence-electron chi connectivity index (χ4n) is 1.99. The first-order valence-corrected chi connectivity index (χ1v) is 8.92. The molecule has 1 fully saturated rings. The number of amides is 1. The number of rotatable bonds is 5. The van der Waals surface area contributed by atoms with Gasteiger partial charge in [0, 0.05) is 6.54 Å². The summed E-state index contributed by atoms with van der Waals surface area (Å²) in [6.45, 7) is 1.89. The van der Waals surface area contributed by atoms with Crippen molar-refractivity contribution in [1.82, 2.24) is 5.32 Å². The first-order chi connectivity index (χ1) is 9.55. The molecule has 21 heavy (non-hydrogen) atoms. The van der Waals surface area contributed by atoms with Crippen molar-refractivity contribution in [2.75, 3.05) is 11.0 Å². The fourth-order valence-corrected chi connectivity index (χ4v) is 3.30. The Labute approximate surface area is 134 Å². The molecule has 1 atom stereocenters. The summed E-state index contributed by atoms with van der Waals surface area (Å²) >= 11 is 11.9. The van der Waals surface area contributed by atoms with Crippen LogP contribution in [-0.4, -0.2) is 24.9 Å². The van der Waals surface area contributed by atoms with Crippen molar-refractivity contribution < 1.29 is 13.2 Å². The predicted octanol–water partition coefficient (Wildman–Crippen LogP) is 2.26. The smallest absolute Gasteiger partial charge is 0.229 e. The van der Waals surface area contributed by atoms with E-state index in [1.54, 1.807) is 31.2 Å². The Hall–Kier alpha value is -0.980. The van der Waals surface area contributed by atoms with Crippen LogP contribution in [0, 0.1) is 5.41 Å². The molecule has 0 spiro atoms. The van der Waals surface area contributed by atoms with E-state index in [4.69, 9.17) is 23.2 Å². The number of hydrogen-bond donors (Lipinski definition) is 2. The molecule has 1 saturated carbocycles. The van der Waals surface area contributed by atoms with Crippen molar-refractivity contribution in [3.05, 3.63) is 29.8 Å². The van der Waals surface area contributed by atoms with Gasteiger partial charge in [-0.1, -0.05) is 18.2 Å². The Morgan fingerprint density at radius 2 is 1.90 bits per heavy atom. The molecule has 0 aromatic heterocycles. The van der Waals surface area contributed by atoms with Crippen LogP contribution < -0.4 is 10.0 Å². The Morgan fingerprint density at radius 3 is 2.43 bits per heavy atom. The zero-order valence-corrected chi connectivity index (χ0v) is 13.9. The number of halogens is 2. The number of para-hydroxylation sites is 1. The third-order valence-electron chi connectivity index (χ3n) is 3.51. The van der Waals surface area contributed by atoms with Crippen LogP contribution in [0.1, 0.15) is 18.9 Å². The van der Waals surface area contributed by atoms with Gasteiger partial charge in [0.25, 0.3) is 0 Å². The number of anilines is 1. The second-order valence-corrected chi connectivity index (χ2v) is 8.66. The third-order valence-corrected chi connectivity index (χ3v) is 5.20. The van der Waals surface area contributed by atoms with Crippen molar-refractivity contribution in [2.45, 2.75) is 24.2 Å². The maximum atomic E-state index is 12.1. The molecule has 1 aliphatic carbocycles. The highest BCUT2D eigenvalue weighted by atomic mass is 35.5. The standard InChI is InChI=1S/C13H16Cl2N2O3S/c1-12(8-13(12,14)15)11(18)16-7-9-5-3-4-6-10(9)17-21(2,19)20/h3-6,17H,7-8H2,1-2H3,(H,16,18)/t12-/m0/s1. The van der Waals surface area contributed by atoms with E-state index in [0.29, 0.717) is 17.7 Å². The minimum absolute atomic E-state index is 0.191. The Morgan fingerprint density at radius 1 is 1.33 bits per heavy atom. The van der Waals surface area contributed by atoms with Crippen LogP contribution in [0.5, 0.6) is 0 Å². The van der Waals surface area contributed by atoms with E-state index in [0.717, 1.165) is 6.26 Å². The molecule has 0 heterocycles. The topological polar surface area (TPSA) is 75.3 Å². The quantitative estimate of drug-likeness (QED) is 0.799. The van der Waals surface area contributed by atoms with Gasteiger partial charge in [-0.05, 0) is 25.0 Å². The molecule has 0 saturated heterocycles. The highest BCUT2D eigenvalue weighted by molar-refractivity contribution is 7.92. The van der Waals surface area contributed by atoms with Crippen LogP contribution in [0.25, 0.3) is 0 Å². The molecule has 0 radical (unpaired) electrons. The van der Waals surface area contributed by atoms with E-state index in [1.807, 2.05) is 0 Å². The number of nitrogens with one attached hydrogen (secondary N) is 2. The molecule has 1 aliphatic rings. The lowest BCUT2D eigenvalue weighted by Gasteiger charge is -2.15. The molecule has 5 nitrogen and oxygen atoms in total. The molecule has 0 unspecified atom stereocenters. The zero-order chi connectivity index (χ0) is 15.9. The van der Waals surface area contributed by atoms with Gasteiger partial charge in [-0.25, -0.2) is 8.42 Å². The van der Waals surface area contributed by atoms with Crippen molar-refractivity contribution >= 4 is 44.8 Å². The van der Waals surface area contributed by atoms with Gasteiger partial charge in [0.2, 0.25) is 15.9 Å². The maximum Gasteiger partial charge on any atom is 0.229 e. The molecule has 0 bridgehead atoms. The number of carbonyl (C=O) groups excluding carboxylic acids is 1. The number of sulfonamides is 1. The fraction of sp³-hybridized carbons (Fsp3) is 0.462. The number of hydrogen-bond acceptors (Lipinski definition) is 3. The predicted molar refractivity (Wildman–Crippen MR) is 83.9 cm³/mol. The van der Waals surface area contributed by atoms with E-state index in [2.05, 4.69) is 10.0 Å². The van der Waals surface area contributed by atoms with Crippen LogP contribution in [0.4, 0.5) is 5.69 Å². The molecule has 116 valence electrons. The summed E-state index contributed by atoms with van der Waals surface area (Å²) in [7, 11) is -3.38. The first kappa shape index (κ1) is 16.4. The number of benzene rings is 1. The van der Waals surface area contributed by atoms with E-state index >= 15 is 0 Å². The first-order valence-electron chi connectivity index (χ1n) is 6.27. The highest BCUT2D eigenvalue weighted by Gasteiger charge is 2.67. The van der Waals surface area contributed by atoms with Crippen molar-refractivity contribution in [1.29, 1.82) is 0 Å². The van der Waals surface area contributed by atoms with Gasteiger partial charge in [0.05, 0.1) is 17.4 Å². The minimum atomic E-state index is -3.38. The normalized spacial score (nSPS) is 23.4. The second kappa shape index (κ2) is 5.34. The monoisotopic (exact) mass is 350 g/mol. The Kier molecular flexibility index (Phi) is 4.17. The van der Waals surface area contributed by atoms with Crippen molar-refractivity contribution in [2.24, 2.45) is 5.41 Å². The highest BCUT2D eigenvalue weighted by Crippen LogP contribution is 2.63. The average Bonchev–Trinajstić information content (AvgIpc) is 2.86. The number of carbonyl (C=O) groups is 1. The molecular weight excluding hydrogens is 335 g/mol. The summed E-state index contributed by atoms with van der Waals surface area (Å²) in [5.74, 6) is -0.248. The molecule has 8 heteroatoms. The summed E-state index contributed by atoms with van der Waals surface area (Å²) in [5, 5.41) is 2.74. The molecule has 1 aromatic rings. The lowest BCUT2D eigenvalue weighted by Crippen LogP contribution is -2.33. The van der Waals surface area contributed by atoms with E-state index in [-0.39, 0.29) is 12.5 Å². The molecule has 0 aliphatic heterocycles. The van der Waals surface area contributed by atoms with Crippen LogP contribution in [0.3, 0.4) is 0 Å². The Bertz CT molecular complexity index is 676. The summed E-state index contributed by atoms with van der Waals surface area (Å²) in [5.41, 5.74) is 0.300. The average molecular weight is 351 g/mol. The molecule has 1 aromatic carbocycles. The summed E-state index contributed by atoms with van der Waals surface area (Å²) in [4.78, 5) is 12.1. The van der Waals surface area contributed by atoms with Crippen LogP contribution >= 0.6 is 23.2 Å². The molecular formula is C13H16Cl2N2O3S. The van der Waals surface area contributed by atoms with Crippen LogP contribution in [-0.2, 0) is 21.4 Å². The van der Waals surface area contributed by atoms with Crippen LogP contribution in [0.15, 0.2) is 24.3 Å². The maximum absolute atomic E-state index is 12.1. The molecule has 2 N–H and O–H groups in total. The van der Waals surface area contributed by atoms with Crippen molar-refractivity contribution in [3.8, 4) is 0 Å². The largest absolute Gasteiger partial charge is 0.351 e. The number of alkyl halides is 2. The van der Waals surface area contributed by atoms with E-state index in [1.165, 1.54) is 0 Å². The van der Waals surface area contributed by atoms with Crippen molar-refractivity contribution in [3.63, 3.8) is 0 Å². The summed E-state index contributed by atoms with van der Waals surface area (Å²) in [6.07, 6.45) is 1.47. The van der Waals surface area contributed by atoms with E-state index < -0.39 is 19.8 Å². The van der Waals surface area contributed by atoms with Gasteiger partial charge >= 0.3 is 0 Å². The SMILES string of the molecule is C[C@@]1(C(=O)NCc2ccccc2NS(C)(=O)=O)CC1(Cl)Cl. The van der Waals surface area contributed by atoms with Crippen LogP contribution in [0.2, 0.25) is 0 Å². The van der Waals surface area contributed by atoms with Gasteiger partial charge in [-0.15, -0.1) is 23.2 Å². The van der Waals surface area contributed by atoms with Gasteiger partial charge in [-0.3, -0.25) is 9.52 Å². The Balaban J connectivity index is 2.06. The second-order valence-electron chi connectivity index (χ2n) is 5.43. The summed E-state index contributed by atoms with van der Waals surface area (Å²) in [6, 6.07) is 6.84. The molecule has 1 amide bonds. The lowest BCUT2D eigenvalue weighted by molar-refractivity contribution is -0.125. The molecule has 2 rings (SSSR count). The minimum Gasteiger partial charge on any atom is -0.351 e. The zero-order valence-electron chi connectivity index (χ0n) is 11.6. The lowest BCUT2D eigenvalue weighted by atomic mass is 10.1. The van der Waals surface area contributed by atoms with Gasteiger partial charge < -0.3 is 5.32 Å². The van der Waals surface area contributed by atoms with E-state index in [9.17, 15) is 13.2 Å². The van der Waals surface area contributed by atoms with Gasteiger partial charge in [0.1, 0.15) is 4.33 Å². The third kappa shape index (κ3) is 3.62. The van der Waals surface area contributed by atoms with Gasteiger partial charge in [0.15, 0.2) is 0 Å².